The first kappa shape index (κ1) is 13.2. The lowest BCUT2D eigenvalue weighted by atomic mass is 9.85. The van der Waals surface area contributed by atoms with Crippen molar-refractivity contribution in [1.29, 1.82) is 0 Å². The predicted molar refractivity (Wildman–Crippen MR) is 78.4 cm³/mol. The van der Waals surface area contributed by atoms with E-state index in [1.165, 1.54) is 12.8 Å². The number of aromatic nitrogens is 2. The summed E-state index contributed by atoms with van der Waals surface area (Å²) >= 11 is 0. The fourth-order valence-electron chi connectivity index (χ4n) is 4.07. The summed E-state index contributed by atoms with van der Waals surface area (Å²) in [5.74, 6) is 0.394. The molecular weight excluding hydrogens is 264 g/mol. The number of carbonyl (C=O) groups is 1. The fraction of sp³-hybridized carbons (Fsp3) is 0.688. The molecule has 0 aromatic carbocycles. The highest BCUT2D eigenvalue weighted by atomic mass is 16.2. The first-order valence-corrected chi connectivity index (χ1v) is 8.10. The zero-order chi connectivity index (χ0) is 14.3. The van der Waals surface area contributed by atoms with E-state index in [0.29, 0.717) is 11.9 Å². The lowest BCUT2D eigenvalue weighted by Crippen LogP contribution is -2.60. The predicted octanol–water partition coefficient (Wildman–Crippen LogP) is 1.60. The van der Waals surface area contributed by atoms with Crippen molar-refractivity contribution in [2.24, 2.45) is 0 Å². The number of rotatable bonds is 3. The van der Waals surface area contributed by atoms with E-state index >= 15 is 0 Å². The molecule has 5 nitrogen and oxygen atoms in total. The van der Waals surface area contributed by atoms with Gasteiger partial charge in [-0.3, -0.25) is 9.69 Å². The minimum atomic E-state index is -0.239. The van der Waals surface area contributed by atoms with Crippen LogP contribution >= 0.6 is 0 Å². The molecule has 3 fully saturated rings. The van der Waals surface area contributed by atoms with Crippen LogP contribution in [0, 0.1) is 0 Å². The Balaban J connectivity index is 1.57. The Hall–Kier alpha value is -1.49. The third-order valence-corrected chi connectivity index (χ3v) is 5.25. The largest absolute Gasteiger partial charge is 0.338 e. The van der Waals surface area contributed by atoms with E-state index in [4.69, 9.17) is 0 Å². The van der Waals surface area contributed by atoms with Crippen LogP contribution in [0.1, 0.15) is 44.1 Å². The summed E-state index contributed by atoms with van der Waals surface area (Å²) in [5.41, 5.74) is 0.867. The van der Waals surface area contributed by atoms with Gasteiger partial charge in [-0.25, -0.2) is 9.97 Å². The average molecular weight is 286 g/mol. The van der Waals surface area contributed by atoms with Crippen LogP contribution in [0.2, 0.25) is 0 Å². The van der Waals surface area contributed by atoms with Crippen molar-refractivity contribution in [1.82, 2.24) is 19.8 Å². The second-order valence-electron chi connectivity index (χ2n) is 6.64. The molecule has 2 aliphatic heterocycles. The number of hydrogen-bond acceptors (Lipinski definition) is 4. The van der Waals surface area contributed by atoms with Crippen LogP contribution in [0.4, 0.5) is 0 Å². The lowest BCUT2D eigenvalue weighted by Gasteiger charge is -2.45. The van der Waals surface area contributed by atoms with Crippen molar-refractivity contribution in [3.63, 3.8) is 0 Å². The Kier molecular flexibility index (Phi) is 3.17. The van der Waals surface area contributed by atoms with E-state index in [1.54, 1.807) is 6.33 Å². The Morgan fingerprint density at radius 3 is 2.57 bits per heavy atom. The van der Waals surface area contributed by atoms with Crippen LogP contribution in [0.5, 0.6) is 0 Å². The van der Waals surface area contributed by atoms with Crippen molar-refractivity contribution >= 4 is 5.91 Å². The van der Waals surface area contributed by atoms with Crippen LogP contribution in [0.25, 0.3) is 0 Å². The first-order chi connectivity index (χ1) is 10.3. The van der Waals surface area contributed by atoms with E-state index in [0.717, 1.165) is 50.9 Å². The maximum atomic E-state index is 13.1. The highest BCUT2D eigenvalue weighted by molar-refractivity contribution is 5.88. The topological polar surface area (TPSA) is 49.3 Å². The van der Waals surface area contributed by atoms with Crippen LogP contribution in [-0.4, -0.2) is 50.3 Å². The molecule has 3 heterocycles. The summed E-state index contributed by atoms with van der Waals surface area (Å²) < 4.78 is 0. The summed E-state index contributed by atoms with van der Waals surface area (Å²) in [7, 11) is 0. The summed E-state index contributed by atoms with van der Waals surface area (Å²) in [5, 5.41) is 0. The van der Waals surface area contributed by atoms with Crippen LogP contribution < -0.4 is 0 Å². The van der Waals surface area contributed by atoms with Gasteiger partial charge in [0.2, 0.25) is 5.91 Å². The van der Waals surface area contributed by atoms with Crippen molar-refractivity contribution in [3.8, 4) is 0 Å². The SMILES string of the molecule is O=C1N(C2CC2)CCCC12CCCN2Cc1cncnc1. The molecule has 1 atom stereocenters. The van der Waals surface area contributed by atoms with Crippen LogP contribution in [0.15, 0.2) is 18.7 Å². The van der Waals surface area contributed by atoms with Crippen molar-refractivity contribution < 1.29 is 4.79 Å². The quantitative estimate of drug-likeness (QED) is 0.847. The molecule has 112 valence electrons. The van der Waals surface area contributed by atoms with Gasteiger partial charge in [0.1, 0.15) is 11.9 Å². The fourth-order valence-corrected chi connectivity index (χ4v) is 4.07. The van der Waals surface area contributed by atoms with Gasteiger partial charge in [-0.15, -0.1) is 0 Å². The molecule has 0 bridgehead atoms. The number of likely N-dealkylation sites (tertiary alicyclic amines) is 2. The lowest BCUT2D eigenvalue weighted by molar-refractivity contribution is -0.148. The van der Waals surface area contributed by atoms with Gasteiger partial charge in [-0.05, 0) is 45.1 Å². The molecule has 3 aliphatic rings. The highest BCUT2D eigenvalue weighted by Crippen LogP contribution is 2.42. The molecule has 1 aliphatic carbocycles. The van der Waals surface area contributed by atoms with E-state index in [-0.39, 0.29) is 5.54 Å². The first-order valence-electron chi connectivity index (χ1n) is 8.10. The highest BCUT2D eigenvalue weighted by Gasteiger charge is 2.52. The molecule has 0 radical (unpaired) electrons. The summed E-state index contributed by atoms with van der Waals surface area (Å²) in [6, 6.07) is 0.539. The number of piperidine rings is 1. The smallest absolute Gasteiger partial charge is 0.243 e. The standard InChI is InChI=1S/C16H22N4O/c21-15-16(6-2-8-20(15)14-3-4-14)5-1-7-19(16)11-13-9-17-12-18-10-13/h9-10,12,14H,1-8,11H2. The van der Waals surface area contributed by atoms with E-state index < -0.39 is 0 Å². The molecule has 1 aromatic rings. The third kappa shape index (κ3) is 2.24. The van der Waals surface area contributed by atoms with Gasteiger partial charge in [-0.2, -0.15) is 0 Å². The summed E-state index contributed by atoms with van der Waals surface area (Å²) in [6.07, 6.45) is 12.0. The van der Waals surface area contributed by atoms with E-state index in [9.17, 15) is 4.79 Å². The minimum Gasteiger partial charge on any atom is -0.338 e. The summed E-state index contributed by atoms with van der Waals surface area (Å²) in [4.78, 5) is 25.8. The Bertz CT molecular complexity index is 530. The molecule has 1 saturated carbocycles. The third-order valence-electron chi connectivity index (χ3n) is 5.25. The van der Waals surface area contributed by atoms with Crippen molar-refractivity contribution in [3.05, 3.63) is 24.3 Å². The van der Waals surface area contributed by atoms with Gasteiger partial charge in [0.15, 0.2) is 0 Å². The molecule has 1 aromatic heterocycles. The maximum Gasteiger partial charge on any atom is 0.243 e. The zero-order valence-electron chi connectivity index (χ0n) is 12.4. The van der Waals surface area contributed by atoms with Gasteiger partial charge >= 0.3 is 0 Å². The van der Waals surface area contributed by atoms with Crippen LogP contribution in [0.3, 0.4) is 0 Å². The van der Waals surface area contributed by atoms with Gasteiger partial charge in [0.25, 0.3) is 0 Å². The molecule has 21 heavy (non-hydrogen) atoms. The van der Waals surface area contributed by atoms with Gasteiger partial charge in [-0.1, -0.05) is 0 Å². The molecule has 0 N–H and O–H groups in total. The van der Waals surface area contributed by atoms with Gasteiger partial charge < -0.3 is 4.90 Å². The Labute approximate surface area is 125 Å². The zero-order valence-corrected chi connectivity index (χ0v) is 12.4. The number of hydrogen-bond donors (Lipinski definition) is 0. The van der Waals surface area contributed by atoms with Gasteiger partial charge in [0, 0.05) is 37.1 Å². The molecular formula is C16H22N4O. The Morgan fingerprint density at radius 2 is 1.86 bits per heavy atom. The van der Waals surface area contributed by atoms with Gasteiger partial charge in [0.05, 0.1) is 0 Å². The van der Waals surface area contributed by atoms with Crippen LogP contribution in [-0.2, 0) is 11.3 Å². The van der Waals surface area contributed by atoms with E-state index in [1.807, 2.05) is 12.4 Å². The monoisotopic (exact) mass is 286 g/mol. The molecule has 1 unspecified atom stereocenters. The second-order valence-corrected chi connectivity index (χ2v) is 6.64. The number of carbonyl (C=O) groups excluding carboxylic acids is 1. The Morgan fingerprint density at radius 1 is 1.14 bits per heavy atom. The van der Waals surface area contributed by atoms with E-state index in [2.05, 4.69) is 19.8 Å². The second kappa shape index (κ2) is 5.05. The molecule has 5 heteroatoms. The summed E-state index contributed by atoms with van der Waals surface area (Å²) in [6.45, 7) is 2.78. The maximum absolute atomic E-state index is 13.1. The molecule has 1 spiro atoms. The molecule has 2 saturated heterocycles. The normalized spacial score (nSPS) is 30.3. The molecule has 1 amide bonds. The number of nitrogens with zero attached hydrogens (tertiary/aromatic N) is 4. The number of amides is 1. The minimum absolute atomic E-state index is 0.239. The van der Waals surface area contributed by atoms with Crippen molar-refractivity contribution in [2.45, 2.75) is 56.7 Å². The molecule has 4 rings (SSSR count). The van der Waals surface area contributed by atoms with Crippen molar-refractivity contribution in [2.75, 3.05) is 13.1 Å². The average Bonchev–Trinajstić information content (AvgIpc) is 3.28.